The predicted molar refractivity (Wildman–Crippen MR) is 35.2 cm³/mol. The molecule has 0 aromatic carbocycles. The lowest BCUT2D eigenvalue weighted by Crippen LogP contribution is -2.27. The Balaban J connectivity index is 2.07. The van der Waals surface area contributed by atoms with E-state index in [0.717, 1.165) is 5.92 Å². The Labute approximate surface area is 50.7 Å². The average Bonchev–Trinajstić information content (AvgIpc) is 2.39. The molecule has 0 radical (unpaired) electrons. The van der Waals surface area contributed by atoms with E-state index in [1.54, 1.807) is 12.8 Å². The highest BCUT2D eigenvalue weighted by molar-refractivity contribution is 7.60. The van der Waals surface area contributed by atoms with Gasteiger partial charge in [-0.05, 0) is 38.1 Å². The lowest BCUT2D eigenvalue weighted by Gasteiger charge is -2.32. The molecule has 44 valence electrons. The van der Waals surface area contributed by atoms with Crippen LogP contribution in [0.4, 0.5) is 0 Å². The molecule has 0 amide bonds. The van der Waals surface area contributed by atoms with Gasteiger partial charge < -0.3 is 0 Å². The molecule has 0 aromatic rings. The van der Waals surface area contributed by atoms with Crippen LogP contribution in [0.3, 0.4) is 0 Å². The summed E-state index contributed by atoms with van der Waals surface area (Å²) in [5.74, 6) is 1.15. The van der Waals surface area contributed by atoms with Crippen molar-refractivity contribution < 1.29 is 0 Å². The molecule has 0 spiro atoms. The van der Waals surface area contributed by atoms with Crippen molar-refractivity contribution in [1.82, 2.24) is 5.09 Å². The van der Waals surface area contributed by atoms with Crippen LogP contribution >= 0.6 is 8.07 Å². The number of hydrogen-bond donors (Lipinski definition) is 1. The molecular formula is C6H10NP. The Morgan fingerprint density at radius 3 is 2.38 bits per heavy atom. The van der Waals surface area contributed by atoms with Gasteiger partial charge in [0.15, 0.2) is 0 Å². The monoisotopic (exact) mass is 127 g/mol. The van der Waals surface area contributed by atoms with Gasteiger partial charge in [-0.3, -0.25) is 5.09 Å². The summed E-state index contributed by atoms with van der Waals surface area (Å²) in [7, 11) is 0.417. The zero-order valence-electron chi connectivity index (χ0n) is 4.80. The second-order valence-corrected chi connectivity index (χ2v) is 5.60. The van der Waals surface area contributed by atoms with Crippen molar-refractivity contribution in [2.24, 2.45) is 5.92 Å². The van der Waals surface area contributed by atoms with E-state index in [1.165, 1.54) is 17.9 Å². The Morgan fingerprint density at radius 1 is 1.25 bits per heavy atom. The second kappa shape index (κ2) is 1.12. The van der Waals surface area contributed by atoms with Crippen molar-refractivity contribution in [3.8, 4) is 0 Å². The largest absolute Gasteiger partial charge is 0.295 e. The molecule has 4 saturated heterocycles. The zero-order valence-corrected chi connectivity index (χ0v) is 5.70. The van der Waals surface area contributed by atoms with Gasteiger partial charge >= 0.3 is 0 Å². The molecule has 2 unspecified atom stereocenters. The van der Waals surface area contributed by atoms with Crippen LogP contribution in [-0.2, 0) is 0 Å². The minimum absolute atomic E-state index is 0.417. The van der Waals surface area contributed by atoms with E-state index in [1.807, 2.05) is 0 Å². The third-order valence-electron chi connectivity index (χ3n) is 2.97. The Bertz CT molecular complexity index is 96.5. The van der Waals surface area contributed by atoms with Gasteiger partial charge in [-0.15, -0.1) is 0 Å². The highest BCUT2D eigenvalue weighted by atomic mass is 31.1. The van der Waals surface area contributed by atoms with Gasteiger partial charge in [0, 0.05) is 6.54 Å². The predicted octanol–water partition coefficient (Wildman–Crippen LogP) is 1.15. The molecule has 4 bridgehead atoms. The lowest BCUT2D eigenvalue weighted by atomic mass is 10.1. The van der Waals surface area contributed by atoms with Gasteiger partial charge in [0.2, 0.25) is 0 Å². The summed E-state index contributed by atoms with van der Waals surface area (Å²) in [4.78, 5) is 0. The van der Waals surface area contributed by atoms with E-state index >= 15 is 0 Å². The standard InChI is InChI=1S/C6H10NP/c1-2-6-4-3-7-8(6)5(1)4/h4-7H,1-3H2. The van der Waals surface area contributed by atoms with E-state index in [0.29, 0.717) is 8.07 Å². The Morgan fingerprint density at radius 2 is 2.00 bits per heavy atom. The van der Waals surface area contributed by atoms with Crippen molar-refractivity contribution >= 4 is 8.07 Å². The highest BCUT2D eigenvalue weighted by Crippen LogP contribution is 2.72. The Hall–Kier alpha value is 0.390. The maximum absolute atomic E-state index is 3.62. The van der Waals surface area contributed by atoms with E-state index in [2.05, 4.69) is 5.09 Å². The molecule has 1 N–H and O–H groups in total. The maximum atomic E-state index is 3.62. The van der Waals surface area contributed by atoms with Crippen molar-refractivity contribution in [3.05, 3.63) is 0 Å². The van der Waals surface area contributed by atoms with Crippen molar-refractivity contribution in [3.63, 3.8) is 0 Å². The molecular weight excluding hydrogens is 117 g/mol. The maximum Gasteiger partial charge on any atom is 0.00316 e. The summed E-state index contributed by atoms with van der Waals surface area (Å²) < 4.78 is 0. The fourth-order valence-corrected chi connectivity index (χ4v) is 5.97. The normalized spacial score (nSPS) is 66.0. The van der Waals surface area contributed by atoms with Crippen LogP contribution in [0, 0.1) is 5.92 Å². The molecule has 4 heterocycles. The first-order valence-corrected chi connectivity index (χ1v) is 4.96. The van der Waals surface area contributed by atoms with Crippen LogP contribution in [0.25, 0.3) is 0 Å². The lowest BCUT2D eigenvalue weighted by molar-refractivity contribution is 0.576. The summed E-state index contributed by atoms with van der Waals surface area (Å²) in [5, 5.41) is 3.62. The summed E-state index contributed by atoms with van der Waals surface area (Å²) >= 11 is 0. The van der Waals surface area contributed by atoms with E-state index < -0.39 is 0 Å². The van der Waals surface area contributed by atoms with E-state index in [9.17, 15) is 0 Å². The SMILES string of the molecule is C1NP2C3CCC2C13. The first-order chi connectivity index (χ1) is 3.97. The third kappa shape index (κ3) is 0.267. The van der Waals surface area contributed by atoms with Crippen LogP contribution < -0.4 is 5.09 Å². The van der Waals surface area contributed by atoms with Crippen molar-refractivity contribution in [1.29, 1.82) is 0 Å². The average molecular weight is 127 g/mol. The van der Waals surface area contributed by atoms with Gasteiger partial charge in [-0.2, -0.15) is 0 Å². The molecule has 1 saturated carbocycles. The minimum atomic E-state index is 0.417. The van der Waals surface area contributed by atoms with Gasteiger partial charge in [0.25, 0.3) is 0 Å². The molecule has 8 heavy (non-hydrogen) atoms. The van der Waals surface area contributed by atoms with Crippen LogP contribution in [-0.4, -0.2) is 17.9 Å². The van der Waals surface area contributed by atoms with Gasteiger partial charge in [0.05, 0.1) is 0 Å². The van der Waals surface area contributed by atoms with Gasteiger partial charge in [-0.1, -0.05) is 0 Å². The van der Waals surface area contributed by atoms with E-state index in [-0.39, 0.29) is 0 Å². The first-order valence-electron chi connectivity index (χ1n) is 3.48. The number of fused-ring (bicyclic) bond motifs is 2. The smallest absolute Gasteiger partial charge is 0.00316 e. The molecule has 5 aliphatic rings. The fourth-order valence-electron chi connectivity index (χ4n) is 2.58. The van der Waals surface area contributed by atoms with Crippen LogP contribution in [0.2, 0.25) is 0 Å². The molecule has 5 rings (SSSR count). The first kappa shape index (κ1) is 4.24. The summed E-state index contributed by atoms with van der Waals surface area (Å²) in [6.45, 7) is 1.38. The summed E-state index contributed by atoms with van der Waals surface area (Å²) in [5.41, 5.74) is 2.38. The highest BCUT2D eigenvalue weighted by Gasteiger charge is 2.59. The molecule has 1 nitrogen and oxygen atoms in total. The number of rotatable bonds is 0. The van der Waals surface area contributed by atoms with Crippen LogP contribution in [0.5, 0.6) is 0 Å². The number of nitrogens with one attached hydrogen (secondary N) is 1. The van der Waals surface area contributed by atoms with Gasteiger partial charge in [0.1, 0.15) is 0 Å². The van der Waals surface area contributed by atoms with E-state index in [4.69, 9.17) is 0 Å². The zero-order chi connectivity index (χ0) is 5.14. The molecule has 1 aliphatic carbocycles. The fraction of sp³-hybridized carbons (Fsp3) is 1.00. The quantitative estimate of drug-likeness (QED) is 0.481. The molecule has 4 aliphatic heterocycles. The Kier molecular flexibility index (Phi) is 0.596. The molecule has 5 fully saturated rings. The van der Waals surface area contributed by atoms with Crippen LogP contribution in [0.15, 0.2) is 0 Å². The third-order valence-corrected chi connectivity index (χ3v) is 6.23. The molecule has 2 heteroatoms. The molecule has 2 atom stereocenters. The number of hydrogen-bond acceptors (Lipinski definition) is 1. The van der Waals surface area contributed by atoms with Crippen molar-refractivity contribution in [2.75, 3.05) is 6.54 Å². The summed E-state index contributed by atoms with van der Waals surface area (Å²) in [6.07, 6.45) is 3.13. The summed E-state index contributed by atoms with van der Waals surface area (Å²) in [6, 6.07) is 0. The van der Waals surface area contributed by atoms with Crippen LogP contribution in [0.1, 0.15) is 12.8 Å². The topological polar surface area (TPSA) is 12.0 Å². The second-order valence-electron chi connectivity index (χ2n) is 3.15. The van der Waals surface area contributed by atoms with Gasteiger partial charge in [-0.25, -0.2) is 0 Å². The van der Waals surface area contributed by atoms with Crippen molar-refractivity contribution in [2.45, 2.75) is 24.2 Å². The minimum Gasteiger partial charge on any atom is -0.295 e. The molecule has 0 aromatic heterocycles.